The highest BCUT2D eigenvalue weighted by molar-refractivity contribution is 8.12. The average molecular weight is 626 g/mol. The Kier molecular flexibility index (Phi) is 32.6. The van der Waals surface area contributed by atoms with Crippen LogP contribution >= 0.6 is 36.4 Å². The summed E-state index contributed by atoms with van der Waals surface area (Å²) < 4.78 is 23.5. The van der Waals surface area contributed by atoms with Gasteiger partial charge in [0.25, 0.3) is 5.24 Å². The lowest BCUT2D eigenvalue weighted by molar-refractivity contribution is 0.126. The molecular formula is C31H63NO5S3. The van der Waals surface area contributed by atoms with Crippen molar-refractivity contribution in [2.75, 3.05) is 26.1 Å². The zero-order valence-electron chi connectivity index (χ0n) is 26.6. The van der Waals surface area contributed by atoms with E-state index in [0.717, 1.165) is 50.3 Å². The summed E-state index contributed by atoms with van der Waals surface area (Å²) in [7, 11) is 0. The topological polar surface area (TPSA) is 57.2 Å². The molecule has 6 nitrogen and oxygen atoms in total. The molecule has 0 aromatic heterocycles. The Labute approximate surface area is 261 Å². The van der Waals surface area contributed by atoms with Crippen LogP contribution in [0.5, 0.6) is 0 Å². The molecule has 0 bridgehead atoms. The molecule has 0 aliphatic rings. The lowest BCUT2D eigenvalue weighted by Crippen LogP contribution is -2.32. The van der Waals surface area contributed by atoms with Crippen LogP contribution in [0.4, 0.5) is 4.79 Å². The second-order valence-electron chi connectivity index (χ2n) is 10.8. The van der Waals surface area contributed by atoms with Gasteiger partial charge < -0.3 is 4.90 Å². The van der Waals surface area contributed by atoms with Gasteiger partial charge in [0, 0.05) is 6.54 Å². The van der Waals surface area contributed by atoms with Gasteiger partial charge in [0.1, 0.15) is 6.73 Å². The van der Waals surface area contributed by atoms with Crippen LogP contribution < -0.4 is 0 Å². The van der Waals surface area contributed by atoms with Crippen LogP contribution in [0.2, 0.25) is 0 Å². The lowest BCUT2D eigenvalue weighted by atomic mass is 10.0. The molecule has 1 amide bonds. The third kappa shape index (κ3) is 26.0. The summed E-state index contributed by atoms with van der Waals surface area (Å²) in [5, 5.41) is -0.0319. The standard InChI is InChI=1S/C31H63NO5S3/c1-6-10-14-18-22-29(23-19-15-11-7-2)36-39-34-27-26-32(31(33)38-5)28-35-40-37-30(24-20-16-12-8-3)25-21-17-13-9-4/h29-30H,6-28H2,1-5H3. The number of hydrogen-bond donors (Lipinski definition) is 0. The van der Waals surface area contributed by atoms with Crippen LogP contribution in [-0.2, 0) is 16.7 Å². The summed E-state index contributed by atoms with van der Waals surface area (Å²) in [6, 6.07) is 0. The average Bonchev–Trinajstić information content (AvgIpc) is 2.97. The van der Waals surface area contributed by atoms with Crippen molar-refractivity contribution in [3.05, 3.63) is 0 Å². The second kappa shape index (κ2) is 32.3. The number of carbonyl (C=O) groups excluding carboxylic acids is 1. The first-order valence-corrected chi connectivity index (χ1v) is 18.9. The normalized spacial score (nSPS) is 11.7. The van der Waals surface area contributed by atoms with E-state index in [1.54, 1.807) is 11.2 Å². The third-order valence-corrected chi connectivity index (χ3v) is 8.82. The molecule has 0 atom stereocenters. The fraction of sp³-hybridized carbons (Fsp3) is 0.968. The van der Waals surface area contributed by atoms with Crippen molar-refractivity contribution < 1.29 is 21.5 Å². The molecule has 0 aromatic rings. The monoisotopic (exact) mass is 625 g/mol. The fourth-order valence-electron chi connectivity index (χ4n) is 4.45. The molecule has 0 unspecified atom stereocenters. The molecule has 0 spiro atoms. The molecular weight excluding hydrogens is 563 g/mol. The van der Waals surface area contributed by atoms with E-state index in [9.17, 15) is 4.79 Å². The number of carbonyl (C=O) groups is 1. The van der Waals surface area contributed by atoms with Gasteiger partial charge in [-0.05, 0) is 31.9 Å². The van der Waals surface area contributed by atoms with E-state index in [-0.39, 0.29) is 24.2 Å². The predicted molar refractivity (Wildman–Crippen MR) is 177 cm³/mol. The molecule has 0 radical (unpaired) electrons. The summed E-state index contributed by atoms with van der Waals surface area (Å²) in [4.78, 5) is 14.1. The zero-order chi connectivity index (χ0) is 29.5. The molecule has 0 N–H and O–H groups in total. The van der Waals surface area contributed by atoms with E-state index >= 15 is 0 Å². The second-order valence-corrected chi connectivity index (χ2v) is 12.7. The lowest BCUT2D eigenvalue weighted by Gasteiger charge is -2.22. The van der Waals surface area contributed by atoms with Gasteiger partial charge in [-0.15, -0.1) is 0 Å². The van der Waals surface area contributed by atoms with Crippen molar-refractivity contribution in [2.24, 2.45) is 0 Å². The first kappa shape index (κ1) is 40.4. The minimum absolute atomic E-state index is 0.0319. The number of thioether (sulfide) groups is 1. The Hall–Kier alpha value is 0.360. The van der Waals surface area contributed by atoms with E-state index in [1.807, 2.05) is 0 Å². The SMILES string of the molecule is CCCCCCC(CCCCCC)OSOCCN(COSOC(CCCCCC)CCCCCC)C(=O)SC. The van der Waals surface area contributed by atoms with E-state index in [0.29, 0.717) is 13.2 Å². The maximum Gasteiger partial charge on any atom is 0.283 e. The summed E-state index contributed by atoms with van der Waals surface area (Å²) >= 11 is 3.32. The highest BCUT2D eigenvalue weighted by Crippen LogP contribution is 2.23. The minimum Gasteiger partial charge on any atom is -0.307 e. The fourth-order valence-corrected chi connectivity index (χ4v) is 5.88. The molecule has 0 heterocycles. The van der Waals surface area contributed by atoms with Crippen LogP contribution in [-0.4, -0.2) is 48.5 Å². The highest BCUT2D eigenvalue weighted by Gasteiger charge is 2.16. The van der Waals surface area contributed by atoms with Crippen LogP contribution in [0.3, 0.4) is 0 Å². The Morgan fingerprint density at radius 2 is 1.00 bits per heavy atom. The van der Waals surface area contributed by atoms with E-state index < -0.39 is 0 Å². The largest absolute Gasteiger partial charge is 0.307 e. The number of unbranched alkanes of at least 4 members (excludes halogenated alkanes) is 12. The van der Waals surface area contributed by atoms with Crippen molar-refractivity contribution in [3.8, 4) is 0 Å². The van der Waals surface area contributed by atoms with Crippen LogP contribution in [0.25, 0.3) is 0 Å². The number of amides is 1. The van der Waals surface area contributed by atoms with Crippen LogP contribution in [0.15, 0.2) is 0 Å². The molecule has 0 saturated carbocycles. The van der Waals surface area contributed by atoms with Crippen LogP contribution in [0.1, 0.15) is 156 Å². The highest BCUT2D eigenvalue weighted by atomic mass is 32.2. The van der Waals surface area contributed by atoms with Crippen molar-refractivity contribution in [1.29, 1.82) is 0 Å². The first-order chi connectivity index (χ1) is 19.6. The van der Waals surface area contributed by atoms with Gasteiger partial charge in [-0.25, -0.2) is 0 Å². The molecule has 40 heavy (non-hydrogen) atoms. The number of rotatable bonds is 31. The molecule has 0 fully saturated rings. The van der Waals surface area contributed by atoms with Gasteiger partial charge in [-0.2, -0.15) is 0 Å². The number of nitrogens with zero attached hydrogens (tertiary/aromatic N) is 1. The third-order valence-electron chi connectivity index (χ3n) is 7.05. The molecule has 0 rings (SSSR count). The summed E-state index contributed by atoms with van der Waals surface area (Å²) in [5.74, 6) is 0. The van der Waals surface area contributed by atoms with Gasteiger partial charge >= 0.3 is 0 Å². The quantitative estimate of drug-likeness (QED) is 0.0428. The van der Waals surface area contributed by atoms with Gasteiger partial charge in [-0.1, -0.05) is 142 Å². The van der Waals surface area contributed by atoms with E-state index in [4.69, 9.17) is 16.7 Å². The molecule has 0 aliphatic heterocycles. The Morgan fingerprint density at radius 1 is 0.600 bits per heavy atom. The molecule has 0 aromatic carbocycles. The molecule has 240 valence electrons. The predicted octanol–water partition coefficient (Wildman–Crippen LogP) is 11.5. The maximum absolute atomic E-state index is 12.4. The van der Waals surface area contributed by atoms with E-state index in [2.05, 4.69) is 27.7 Å². The molecule has 9 heteroatoms. The van der Waals surface area contributed by atoms with Crippen molar-refractivity contribution in [2.45, 2.75) is 168 Å². The minimum atomic E-state index is -0.0319. The van der Waals surface area contributed by atoms with Gasteiger partial charge in [0.2, 0.25) is 0 Å². The van der Waals surface area contributed by atoms with Crippen molar-refractivity contribution >= 4 is 41.6 Å². The Morgan fingerprint density at radius 3 is 1.38 bits per heavy atom. The summed E-state index contributed by atoms with van der Waals surface area (Å²) in [6.07, 6.45) is 26.5. The Balaban J connectivity index is 4.40. The van der Waals surface area contributed by atoms with Gasteiger partial charge in [0.15, 0.2) is 24.6 Å². The van der Waals surface area contributed by atoms with E-state index in [1.165, 1.54) is 114 Å². The molecule has 0 aliphatic carbocycles. The van der Waals surface area contributed by atoms with Gasteiger partial charge in [0.05, 0.1) is 18.8 Å². The summed E-state index contributed by atoms with van der Waals surface area (Å²) in [6.45, 7) is 9.98. The summed E-state index contributed by atoms with van der Waals surface area (Å²) in [5.41, 5.74) is 0. The smallest absolute Gasteiger partial charge is 0.283 e. The zero-order valence-corrected chi connectivity index (χ0v) is 29.1. The molecule has 0 saturated heterocycles. The maximum atomic E-state index is 12.4. The Bertz CT molecular complexity index is 509. The van der Waals surface area contributed by atoms with Crippen molar-refractivity contribution in [3.63, 3.8) is 0 Å². The number of hydrogen-bond acceptors (Lipinski definition) is 8. The van der Waals surface area contributed by atoms with Crippen molar-refractivity contribution in [1.82, 2.24) is 4.90 Å². The van der Waals surface area contributed by atoms with Gasteiger partial charge in [-0.3, -0.25) is 21.5 Å². The van der Waals surface area contributed by atoms with Crippen LogP contribution in [0, 0.1) is 0 Å². The first-order valence-electron chi connectivity index (χ1n) is 16.3.